The van der Waals surface area contributed by atoms with Gasteiger partial charge in [-0.3, -0.25) is 4.79 Å². The lowest BCUT2D eigenvalue weighted by Gasteiger charge is -2.30. The lowest BCUT2D eigenvalue weighted by Crippen LogP contribution is -2.42. The van der Waals surface area contributed by atoms with Crippen LogP contribution in [0.4, 0.5) is 11.6 Å². The Balaban J connectivity index is 1.52. The molecular weight excluding hydrogens is 356 g/mol. The molecule has 1 aliphatic heterocycles. The van der Waals surface area contributed by atoms with Crippen LogP contribution in [0.3, 0.4) is 0 Å². The summed E-state index contributed by atoms with van der Waals surface area (Å²) < 4.78 is 5.82. The van der Waals surface area contributed by atoms with Crippen molar-refractivity contribution in [1.82, 2.24) is 9.97 Å². The van der Waals surface area contributed by atoms with Gasteiger partial charge in [-0.15, -0.1) is 0 Å². The van der Waals surface area contributed by atoms with Crippen LogP contribution in [-0.4, -0.2) is 40.6 Å². The number of hydrogen-bond acceptors (Lipinski definition) is 7. The molecule has 1 fully saturated rings. The zero-order valence-corrected chi connectivity index (χ0v) is 15.7. The van der Waals surface area contributed by atoms with E-state index >= 15 is 0 Å². The molecule has 28 heavy (non-hydrogen) atoms. The van der Waals surface area contributed by atoms with E-state index < -0.39 is 5.91 Å². The van der Waals surface area contributed by atoms with Crippen molar-refractivity contribution in [3.63, 3.8) is 0 Å². The summed E-state index contributed by atoms with van der Waals surface area (Å²) in [5.74, 6) is 1.23. The molecule has 0 spiro atoms. The number of carbonyl (C=O) groups is 1. The van der Waals surface area contributed by atoms with Crippen LogP contribution in [0.2, 0.25) is 0 Å². The van der Waals surface area contributed by atoms with Crippen LogP contribution in [0.1, 0.15) is 41.7 Å². The predicted molar refractivity (Wildman–Crippen MR) is 107 cm³/mol. The smallest absolute Gasteiger partial charge is 0.271 e. The molecule has 1 amide bonds. The largest absolute Gasteiger partial charge is 0.491 e. The van der Waals surface area contributed by atoms with Gasteiger partial charge in [0, 0.05) is 12.1 Å². The fourth-order valence-corrected chi connectivity index (χ4v) is 3.88. The first kappa shape index (κ1) is 18.5. The van der Waals surface area contributed by atoms with Crippen molar-refractivity contribution in [3.05, 3.63) is 41.7 Å². The highest BCUT2D eigenvalue weighted by Gasteiger charge is 2.25. The molecule has 1 aromatic heterocycles. The molecule has 1 saturated carbocycles. The highest BCUT2D eigenvalue weighted by Crippen LogP contribution is 2.26. The van der Waals surface area contributed by atoms with Gasteiger partial charge in [0.05, 0.1) is 12.2 Å². The fourth-order valence-electron chi connectivity index (χ4n) is 3.88. The highest BCUT2D eigenvalue weighted by atomic mass is 16.5. The van der Waals surface area contributed by atoms with E-state index in [1.54, 1.807) is 6.20 Å². The van der Waals surface area contributed by atoms with Gasteiger partial charge >= 0.3 is 0 Å². The number of primary amides is 1. The van der Waals surface area contributed by atoms with Crippen molar-refractivity contribution in [2.45, 2.75) is 50.2 Å². The van der Waals surface area contributed by atoms with E-state index in [-0.39, 0.29) is 23.8 Å². The summed E-state index contributed by atoms with van der Waals surface area (Å²) in [7, 11) is 0. The van der Waals surface area contributed by atoms with E-state index in [9.17, 15) is 4.79 Å². The molecule has 0 unspecified atom stereocenters. The molecule has 4 rings (SSSR count). The Bertz CT molecular complexity index is 858. The van der Waals surface area contributed by atoms with Crippen LogP contribution in [0.15, 0.2) is 30.5 Å². The monoisotopic (exact) mass is 382 g/mol. The summed E-state index contributed by atoms with van der Waals surface area (Å²) in [6, 6.07) is 8.14. The topological polar surface area (TPSA) is 128 Å². The van der Waals surface area contributed by atoms with Crippen molar-refractivity contribution in [2.75, 3.05) is 17.2 Å². The summed E-state index contributed by atoms with van der Waals surface area (Å²) >= 11 is 0. The molecule has 0 bridgehead atoms. The number of hydrogen-bond donors (Lipinski definition) is 4. The van der Waals surface area contributed by atoms with Crippen molar-refractivity contribution in [3.8, 4) is 5.75 Å². The lowest BCUT2D eigenvalue weighted by molar-refractivity contribution is 0.0996. The van der Waals surface area contributed by atoms with Crippen molar-refractivity contribution < 1.29 is 9.53 Å². The maximum atomic E-state index is 11.8. The molecule has 3 atom stereocenters. The SMILES string of the molecule is NC(=O)c1ncc(N[C@@H]2CCCC[C@@H]2N)nc1N[C@@H]1COc2ccccc2C1. The number of rotatable bonds is 5. The standard InChI is InChI=1S/C20H26N6O2/c21-14-6-2-3-7-15(14)25-17-10-23-18(19(22)27)20(26-17)24-13-9-12-5-1-4-8-16(12)28-11-13/h1,4-5,8,10,13-15H,2-3,6-7,9,11,21H2,(H2,22,27)(H2,24,25,26)/t13-,14-,15+/m0/s1. The molecule has 0 saturated heterocycles. The molecule has 8 nitrogen and oxygen atoms in total. The zero-order valence-electron chi connectivity index (χ0n) is 15.7. The normalized spacial score (nSPS) is 24.0. The van der Waals surface area contributed by atoms with Gasteiger partial charge in [0.25, 0.3) is 5.91 Å². The average Bonchev–Trinajstić information content (AvgIpc) is 2.70. The van der Waals surface area contributed by atoms with Crippen LogP contribution >= 0.6 is 0 Å². The summed E-state index contributed by atoms with van der Waals surface area (Å²) in [6.45, 7) is 0.474. The van der Waals surface area contributed by atoms with Gasteiger partial charge in [-0.05, 0) is 30.9 Å². The van der Waals surface area contributed by atoms with E-state index in [1.807, 2.05) is 24.3 Å². The van der Waals surface area contributed by atoms with Crippen LogP contribution < -0.4 is 26.8 Å². The van der Waals surface area contributed by atoms with Crippen LogP contribution in [-0.2, 0) is 6.42 Å². The Morgan fingerprint density at radius 1 is 1.18 bits per heavy atom. The molecule has 1 aromatic carbocycles. The van der Waals surface area contributed by atoms with Gasteiger partial charge in [-0.1, -0.05) is 31.0 Å². The third-order valence-corrected chi connectivity index (χ3v) is 5.38. The molecule has 0 radical (unpaired) electrons. The maximum Gasteiger partial charge on any atom is 0.271 e. The second-order valence-corrected chi connectivity index (χ2v) is 7.48. The summed E-state index contributed by atoms with van der Waals surface area (Å²) in [4.78, 5) is 20.6. The minimum atomic E-state index is -0.618. The van der Waals surface area contributed by atoms with Gasteiger partial charge < -0.3 is 26.8 Å². The number of anilines is 2. The summed E-state index contributed by atoms with van der Waals surface area (Å²) in [5, 5.41) is 6.66. The van der Waals surface area contributed by atoms with Gasteiger partial charge in [0.2, 0.25) is 0 Å². The van der Waals surface area contributed by atoms with E-state index in [0.717, 1.165) is 43.4 Å². The van der Waals surface area contributed by atoms with Crippen LogP contribution in [0.5, 0.6) is 5.75 Å². The Morgan fingerprint density at radius 2 is 2.00 bits per heavy atom. The average molecular weight is 382 g/mol. The van der Waals surface area contributed by atoms with Crippen LogP contribution in [0, 0.1) is 0 Å². The molecule has 2 aromatic rings. The van der Waals surface area contributed by atoms with Crippen LogP contribution in [0.25, 0.3) is 0 Å². The number of ether oxygens (including phenoxy) is 1. The van der Waals surface area contributed by atoms with Crippen molar-refractivity contribution in [1.29, 1.82) is 0 Å². The number of fused-ring (bicyclic) bond motifs is 1. The second-order valence-electron chi connectivity index (χ2n) is 7.48. The Hall–Kier alpha value is -2.87. The third kappa shape index (κ3) is 4.01. The van der Waals surface area contributed by atoms with Gasteiger partial charge in [0.1, 0.15) is 18.2 Å². The summed E-state index contributed by atoms with van der Waals surface area (Å²) in [6.07, 6.45) is 6.59. The van der Waals surface area contributed by atoms with Gasteiger partial charge in [-0.25, -0.2) is 9.97 Å². The number of nitrogens with one attached hydrogen (secondary N) is 2. The van der Waals surface area contributed by atoms with E-state index in [4.69, 9.17) is 16.2 Å². The first-order valence-electron chi connectivity index (χ1n) is 9.76. The molecular formula is C20H26N6O2. The molecule has 6 N–H and O–H groups in total. The quantitative estimate of drug-likeness (QED) is 0.619. The number of nitrogens with zero attached hydrogens (tertiary/aromatic N) is 2. The Labute approximate surface area is 164 Å². The first-order chi connectivity index (χ1) is 13.6. The number of carbonyl (C=O) groups excluding carboxylic acids is 1. The van der Waals surface area contributed by atoms with Crippen molar-refractivity contribution in [2.24, 2.45) is 11.5 Å². The predicted octanol–water partition coefficient (Wildman–Crippen LogP) is 1.67. The van der Waals surface area contributed by atoms with Crippen molar-refractivity contribution >= 4 is 17.5 Å². The first-order valence-corrected chi connectivity index (χ1v) is 9.76. The molecule has 2 aliphatic rings. The molecule has 8 heteroatoms. The Kier molecular flexibility index (Phi) is 5.29. The minimum absolute atomic E-state index is 0.0329. The number of amides is 1. The lowest BCUT2D eigenvalue weighted by atomic mass is 9.91. The number of aromatic nitrogens is 2. The Morgan fingerprint density at radius 3 is 2.82 bits per heavy atom. The molecule has 148 valence electrons. The minimum Gasteiger partial charge on any atom is -0.491 e. The van der Waals surface area contributed by atoms with Gasteiger partial charge in [-0.2, -0.15) is 0 Å². The van der Waals surface area contributed by atoms with E-state index in [0.29, 0.717) is 18.2 Å². The zero-order chi connectivity index (χ0) is 19.5. The number of para-hydroxylation sites is 1. The van der Waals surface area contributed by atoms with E-state index in [1.165, 1.54) is 0 Å². The second kappa shape index (κ2) is 8.02. The molecule has 2 heterocycles. The summed E-state index contributed by atoms with van der Waals surface area (Å²) in [5.41, 5.74) is 13.0. The van der Waals surface area contributed by atoms with Gasteiger partial charge in [0.15, 0.2) is 11.5 Å². The molecule has 1 aliphatic carbocycles. The highest BCUT2D eigenvalue weighted by molar-refractivity contribution is 5.95. The fraction of sp³-hybridized carbons (Fsp3) is 0.450. The third-order valence-electron chi connectivity index (χ3n) is 5.38. The maximum absolute atomic E-state index is 11.8. The number of benzene rings is 1. The van der Waals surface area contributed by atoms with E-state index in [2.05, 4.69) is 20.6 Å². The number of nitrogens with two attached hydrogens (primary N) is 2.